The summed E-state index contributed by atoms with van der Waals surface area (Å²) in [4.78, 5) is 0. The zero-order chi connectivity index (χ0) is 30.8. The molecule has 0 amide bonds. The zero-order valence-corrected chi connectivity index (χ0v) is 23.7. The van der Waals surface area contributed by atoms with Crippen molar-refractivity contribution in [1.29, 1.82) is 0 Å². The van der Waals surface area contributed by atoms with Crippen LogP contribution in [0.4, 0.5) is 0 Å². The molecule has 0 aromatic heterocycles. The first-order valence-corrected chi connectivity index (χ1v) is 13.2. The first-order valence-electron chi connectivity index (χ1n) is 13.2. The van der Waals surface area contributed by atoms with Crippen LogP contribution in [0.25, 0.3) is 0 Å². The highest BCUT2D eigenvalue weighted by Gasteiger charge is 2.55. The molecule has 7 N–H and O–H groups in total. The number of hydrogen-bond donors (Lipinski definition) is 7. The average molecular weight is 599 g/mol. The molecular formula is C28H38O14. The van der Waals surface area contributed by atoms with Crippen molar-refractivity contribution in [1.82, 2.24) is 0 Å². The summed E-state index contributed by atoms with van der Waals surface area (Å²) in [5.41, 5.74) is -0.478. The molecule has 14 nitrogen and oxygen atoms in total. The second-order valence-electron chi connectivity index (χ2n) is 10.2. The van der Waals surface area contributed by atoms with Gasteiger partial charge in [-0.25, -0.2) is 0 Å². The van der Waals surface area contributed by atoms with Gasteiger partial charge in [-0.2, -0.15) is 0 Å². The lowest BCUT2D eigenvalue weighted by molar-refractivity contribution is -0.331. The number of benzene rings is 2. The van der Waals surface area contributed by atoms with Gasteiger partial charge in [-0.3, -0.25) is 0 Å². The van der Waals surface area contributed by atoms with Crippen molar-refractivity contribution in [3.8, 4) is 34.5 Å². The van der Waals surface area contributed by atoms with Crippen LogP contribution >= 0.6 is 0 Å². The lowest BCUT2D eigenvalue weighted by Gasteiger charge is -2.44. The number of ether oxygens (including phenoxy) is 7. The van der Waals surface area contributed by atoms with Gasteiger partial charge >= 0.3 is 0 Å². The second-order valence-corrected chi connectivity index (χ2v) is 10.2. The van der Waals surface area contributed by atoms with Gasteiger partial charge < -0.3 is 68.9 Å². The maximum Gasteiger partial charge on any atom is 0.200 e. The van der Waals surface area contributed by atoms with E-state index in [1.54, 1.807) is 12.1 Å². The van der Waals surface area contributed by atoms with E-state index in [9.17, 15) is 35.7 Å². The normalized spacial score (nSPS) is 31.1. The molecule has 2 aromatic rings. The van der Waals surface area contributed by atoms with Gasteiger partial charge in [-0.1, -0.05) is 0 Å². The van der Waals surface area contributed by atoms with E-state index < -0.39 is 61.5 Å². The van der Waals surface area contributed by atoms with E-state index in [4.69, 9.17) is 33.2 Å². The minimum Gasteiger partial charge on any atom is -0.502 e. The Bertz CT molecular complexity index is 1170. The van der Waals surface area contributed by atoms with Crippen LogP contribution in [0.2, 0.25) is 0 Å². The van der Waals surface area contributed by atoms with Crippen molar-refractivity contribution >= 4 is 0 Å². The molecule has 8 unspecified atom stereocenters. The van der Waals surface area contributed by atoms with Gasteiger partial charge in [0.05, 0.1) is 54.4 Å². The van der Waals surface area contributed by atoms with Crippen molar-refractivity contribution in [3.05, 3.63) is 35.4 Å². The fourth-order valence-electron chi connectivity index (χ4n) is 5.54. The van der Waals surface area contributed by atoms with Crippen molar-refractivity contribution in [2.75, 3.05) is 48.3 Å². The van der Waals surface area contributed by atoms with Crippen LogP contribution in [-0.4, -0.2) is 120 Å². The number of hydrogen-bond acceptors (Lipinski definition) is 14. The SMILES string of the molecule is COc1cc(CC2(OC3OC(CO)C(O)C(O)C3O)COC(c3cc(OC)c(O)c(OC)c3)C2CO)cc(OC)c1O. The average Bonchev–Trinajstić information content (AvgIpc) is 3.35. The van der Waals surface area contributed by atoms with Crippen molar-refractivity contribution in [3.63, 3.8) is 0 Å². The van der Waals surface area contributed by atoms with Crippen molar-refractivity contribution < 1.29 is 68.9 Å². The number of phenols is 2. The third-order valence-electron chi connectivity index (χ3n) is 7.82. The zero-order valence-electron chi connectivity index (χ0n) is 23.7. The highest BCUT2D eigenvalue weighted by atomic mass is 16.7. The lowest BCUT2D eigenvalue weighted by Crippen LogP contribution is -2.62. The number of methoxy groups -OCH3 is 4. The van der Waals surface area contributed by atoms with E-state index in [1.807, 2.05) is 0 Å². The summed E-state index contributed by atoms with van der Waals surface area (Å²) in [6.07, 6.45) is -8.70. The maximum absolute atomic E-state index is 10.8. The van der Waals surface area contributed by atoms with Gasteiger partial charge in [0.25, 0.3) is 0 Å². The first-order chi connectivity index (χ1) is 20.1. The molecule has 8 atom stereocenters. The molecule has 2 fully saturated rings. The van der Waals surface area contributed by atoms with Crippen molar-refractivity contribution in [2.45, 2.75) is 48.8 Å². The van der Waals surface area contributed by atoms with Crippen LogP contribution < -0.4 is 18.9 Å². The Morgan fingerprint density at radius 2 is 1.29 bits per heavy atom. The Balaban J connectivity index is 1.80. The minimum atomic E-state index is -1.73. The molecule has 0 spiro atoms. The second kappa shape index (κ2) is 13.1. The number of aromatic hydroxyl groups is 2. The van der Waals surface area contributed by atoms with Gasteiger partial charge in [0.15, 0.2) is 29.3 Å². The topological polar surface area (TPSA) is 206 Å². The molecular weight excluding hydrogens is 560 g/mol. The Kier molecular flexibility index (Phi) is 9.90. The third-order valence-corrected chi connectivity index (χ3v) is 7.82. The fraction of sp³-hybridized carbons (Fsp3) is 0.571. The van der Waals surface area contributed by atoms with Crippen molar-refractivity contribution in [2.24, 2.45) is 5.92 Å². The molecule has 2 aliphatic heterocycles. The molecule has 234 valence electrons. The third kappa shape index (κ3) is 5.76. The Hall–Kier alpha value is -3.08. The molecule has 2 heterocycles. The summed E-state index contributed by atoms with van der Waals surface area (Å²) in [5, 5.41) is 72.8. The van der Waals surface area contributed by atoms with Gasteiger partial charge in [0, 0.05) is 12.3 Å². The highest BCUT2D eigenvalue weighted by molar-refractivity contribution is 5.54. The molecule has 0 radical (unpaired) electrons. The van der Waals surface area contributed by atoms with Gasteiger partial charge in [0.2, 0.25) is 11.5 Å². The molecule has 0 aliphatic carbocycles. The monoisotopic (exact) mass is 598 g/mol. The Morgan fingerprint density at radius 1 is 0.762 bits per heavy atom. The smallest absolute Gasteiger partial charge is 0.200 e. The van der Waals surface area contributed by atoms with Gasteiger partial charge in [-0.05, 0) is 35.4 Å². The first kappa shape index (κ1) is 31.8. The molecule has 0 bridgehead atoms. The molecule has 2 saturated heterocycles. The van der Waals surface area contributed by atoms with E-state index in [0.29, 0.717) is 11.1 Å². The molecule has 2 aliphatic rings. The van der Waals surface area contributed by atoms with Crippen LogP contribution in [0.1, 0.15) is 17.2 Å². The van der Waals surface area contributed by atoms with E-state index >= 15 is 0 Å². The quantitative estimate of drug-likeness (QED) is 0.176. The summed E-state index contributed by atoms with van der Waals surface area (Å²) in [6.45, 7) is -1.34. The summed E-state index contributed by atoms with van der Waals surface area (Å²) in [7, 11) is 5.48. The number of aliphatic hydroxyl groups excluding tert-OH is 5. The van der Waals surface area contributed by atoms with Crippen LogP contribution in [0.15, 0.2) is 24.3 Å². The Morgan fingerprint density at radius 3 is 1.76 bits per heavy atom. The largest absolute Gasteiger partial charge is 0.502 e. The number of phenolic OH excluding ortho intramolecular Hbond substituents is 2. The summed E-state index contributed by atoms with van der Waals surface area (Å²) >= 11 is 0. The highest BCUT2D eigenvalue weighted by Crippen LogP contribution is 2.50. The summed E-state index contributed by atoms with van der Waals surface area (Å²) in [5.74, 6) is -0.901. The molecule has 0 saturated carbocycles. The lowest BCUT2D eigenvalue weighted by atomic mass is 9.79. The summed E-state index contributed by atoms with van der Waals surface area (Å²) < 4.78 is 39.4. The predicted octanol–water partition coefficient (Wildman–Crippen LogP) is -0.390. The van der Waals surface area contributed by atoms with Crippen LogP contribution in [-0.2, 0) is 20.6 Å². The number of rotatable bonds is 11. The number of aliphatic hydroxyl groups is 5. The van der Waals surface area contributed by atoms with E-state index in [2.05, 4.69) is 0 Å². The minimum absolute atomic E-state index is 0.0108. The van der Waals surface area contributed by atoms with E-state index in [1.165, 1.54) is 40.6 Å². The van der Waals surface area contributed by atoms with E-state index in [0.717, 1.165) is 0 Å². The molecule has 14 heteroatoms. The molecule has 42 heavy (non-hydrogen) atoms. The van der Waals surface area contributed by atoms with Gasteiger partial charge in [0.1, 0.15) is 30.0 Å². The maximum atomic E-state index is 10.8. The van der Waals surface area contributed by atoms with Gasteiger partial charge in [-0.15, -0.1) is 0 Å². The van der Waals surface area contributed by atoms with E-state index in [-0.39, 0.29) is 47.5 Å². The fourth-order valence-corrected chi connectivity index (χ4v) is 5.54. The van der Waals surface area contributed by atoms with Crippen LogP contribution in [0.3, 0.4) is 0 Å². The summed E-state index contributed by atoms with van der Waals surface area (Å²) in [6, 6.07) is 6.15. The van der Waals surface area contributed by atoms with Crippen LogP contribution in [0.5, 0.6) is 34.5 Å². The predicted molar refractivity (Wildman–Crippen MR) is 143 cm³/mol. The molecule has 2 aromatic carbocycles. The van der Waals surface area contributed by atoms with Crippen LogP contribution in [0, 0.1) is 5.92 Å². The Labute approximate surface area is 242 Å². The molecule has 4 rings (SSSR count). The standard InChI is InChI=1S/C28H38O14/c1-36-16-5-13(6-17(37-2)21(16)31)9-28(42-27-25(35)24(34)23(33)20(11-30)41-27)12-40-26(15(28)10-29)14-7-18(38-3)22(32)19(8-14)39-4/h5-8,15,20,23-27,29-35H,9-12H2,1-4H3.